The maximum absolute atomic E-state index is 13.8. The highest BCUT2D eigenvalue weighted by molar-refractivity contribution is 7.98. The molecular weight excluding hydrogens is 434 g/mol. The number of carbonyl (C=O) groups excluding carboxylic acids is 3. The van der Waals surface area contributed by atoms with Gasteiger partial charge < -0.3 is 5.32 Å². The number of thioether (sulfide) groups is 1. The van der Waals surface area contributed by atoms with Gasteiger partial charge in [-0.1, -0.05) is 49.4 Å². The number of nitrogens with one attached hydrogen (secondary N) is 2. The standard InChI is InChI=1S/C26H29N3O3S/c1-3-16-9-10-19-18(15-16)26(25(32)27-19)22-21(20(28-26)12-14-33-2)23(30)29(24(22)31)13-11-17-7-5-4-6-8-17/h4-10,15,20-22,28H,3,11-14H2,1-2H3,(H,27,32)/t20-,21-,22+,26-/m1/s1. The lowest BCUT2D eigenvalue weighted by atomic mass is 9.76. The van der Waals surface area contributed by atoms with Gasteiger partial charge >= 0.3 is 0 Å². The molecule has 1 spiro atoms. The van der Waals surface area contributed by atoms with Crippen LogP contribution in [0.25, 0.3) is 0 Å². The second-order valence-electron chi connectivity index (χ2n) is 9.10. The molecule has 3 aliphatic heterocycles. The molecular formula is C26H29N3O3S. The van der Waals surface area contributed by atoms with Crippen molar-refractivity contribution in [3.8, 4) is 0 Å². The van der Waals surface area contributed by atoms with Crippen molar-refractivity contribution in [2.24, 2.45) is 11.8 Å². The van der Waals surface area contributed by atoms with Gasteiger partial charge in [-0.25, -0.2) is 0 Å². The van der Waals surface area contributed by atoms with Crippen LogP contribution in [0.5, 0.6) is 0 Å². The maximum atomic E-state index is 13.8. The molecule has 4 atom stereocenters. The quantitative estimate of drug-likeness (QED) is 0.618. The maximum Gasteiger partial charge on any atom is 0.250 e. The van der Waals surface area contributed by atoms with E-state index in [1.807, 2.05) is 54.8 Å². The summed E-state index contributed by atoms with van der Waals surface area (Å²) in [6.45, 7) is 2.41. The highest BCUT2D eigenvalue weighted by Crippen LogP contribution is 2.53. The first-order chi connectivity index (χ1) is 16.0. The number of imide groups is 1. The van der Waals surface area contributed by atoms with Gasteiger partial charge in [-0.15, -0.1) is 0 Å². The van der Waals surface area contributed by atoms with E-state index < -0.39 is 17.4 Å². The molecule has 3 amide bonds. The summed E-state index contributed by atoms with van der Waals surface area (Å²) in [6.07, 6.45) is 4.20. The number of fused-ring (bicyclic) bond motifs is 4. The van der Waals surface area contributed by atoms with Gasteiger partial charge in [0.1, 0.15) is 5.54 Å². The minimum Gasteiger partial charge on any atom is -0.324 e. The molecule has 2 N–H and O–H groups in total. The van der Waals surface area contributed by atoms with Crippen LogP contribution in [-0.2, 0) is 32.8 Å². The molecule has 2 aromatic rings. The van der Waals surface area contributed by atoms with Crippen LogP contribution < -0.4 is 10.6 Å². The summed E-state index contributed by atoms with van der Waals surface area (Å²) >= 11 is 1.71. The summed E-state index contributed by atoms with van der Waals surface area (Å²) in [5.74, 6) is -0.998. The lowest BCUT2D eigenvalue weighted by molar-refractivity contribution is -0.142. The SMILES string of the molecule is CCc1ccc2c(c1)[C@]1(N[C@H](CCSC)[C@H]3C(=O)N(CCc4ccccc4)C(=O)[C@H]31)C(=O)N2. The smallest absolute Gasteiger partial charge is 0.250 e. The van der Waals surface area contributed by atoms with Crippen molar-refractivity contribution in [1.82, 2.24) is 10.2 Å². The van der Waals surface area contributed by atoms with Crippen molar-refractivity contribution in [3.05, 3.63) is 65.2 Å². The Labute approximate surface area is 198 Å². The molecule has 0 aliphatic carbocycles. The third kappa shape index (κ3) is 3.40. The van der Waals surface area contributed by atoms with Crippen molar-refractivity contribution in [2.45, 2.75) is 37.8 Å². The first kappa shape index (κ1) is 22.2. The fourth-order valence-electron chi connectivity index (χ4n) is 5.73. The van der Waals surface area contributed by atoms with Crippen molar-refractivity contribution in [1.29, 1.82) is 0 Å². The average molecular weight is 464 g/mol. The summed E-state index contributed by atoms with van der Waals surface area (Å²) in [5.41, 5.74) is 2.53. The highest BCUT2D eigenvalue weighted by Gasteiger charge is 2.70. The molecule has 172 valence electrons. The Bertz CT molecular complexity index is 1110. The Morgan fingerprint density at radius 1 is 1.03 bits per heavy atom. The zero-order valence-electron chi connectivity index (χ0n) is 19.0. The van der Waals surface area contributed by atoms with Crippen LogP contribution in [0.15, 0.2) is 48.5 Å². The van der Waals surface area contributed by atoms with Gasteiger partial charge in [0.25, 0.3) is 0 Å². The van der Waals surface area contributed by atoms with E-state index in [9.17, 15) is 14.4 Å². The predicted octanol–water partition coefficient (Wildman–Crippen LogP) is 2.97. The number of likely N-dealkylation sites (tertiary alicyclic amines) is 1. The second kappa shape index (κ2) is 8.61. The van der Waals surface area contributed by atoms with E-state index in [1.165, 1.54) is 4.90 Å². The zero-order chi connectivity index (χ0) is 23.2. The fourth-order valence-corrected chi connectivity index (χ4v) is 6.22. The number of hydrogen-bond acceptors (Lipinski definition) is 5. The van der Waals surface area contributed by atoms with Crippen LogP contribution in [0.4, 0.5) is 5.69 Å². The zero-order valence-corrected chi connectivity index (χ0v) is 19.8. The summed E-state index contributed by atoms with van der Waals surface area (Å²) < 4.78 is 0. The minimum absolute atomic E-state index is 0.149. The molecule has 2 aromatic carbocycles. The minimum atomic E-state index is -1.19. The Balaban J connectivity index is 1.53. The van der Waals surface area contributed by atoms with E-state index in [1.54, 1.807) is 11.8 Å². The molecule has 0 saturated carbocycles. The number of aryl methyl sites for hydroxylation is 1. The number of rotatable bonds is 7. The van der Waals surface area contributed by atoms with Gasteiger partial charge in [-0.2, -0.15) is 11.8 Å². The van der Waals surface area contributed by atoms with Crippen LogP contribution in [0.1, 0.15) is 30.0 Å². The Morgan fingerprint density at radius 2 is 1.82 bits per heavy atom. The van der Waals surface area contributed by atoms with Gasteiger partial charge in [0.15, 0.2) is 0 Å². The van der Waals surface area contributed by atoms with Crippen LogP contribution in [0.2, 0.25) is 0 Å². The number of benzene rings is 2. The molecule has 3 aliphatic rings. The van der Waals surface area contributed by atoms with E-state index in [-0.39, 0.29) is 23.8 Å². The number of hydrogen-bond donors (Lipinski definition) is 2. The van der Waals surface area contributed by atoms with E-state index in [4.69, 9.17) is 0 Å². The average Bonchev–Trinajstić information content (AvgIpc) is 3.41. The van der Waals surface area contributed by atoms with Crippen molar-refractivity contribution in [3.63, 3.8) is 0 Å². The van der Waals surface area contributed by atoms with E-state index in [0.29, 0.717) is 13.0 Å². The number of nitrogens with zero attached hydrogens (tertiary/aromatic N) is 1. The molecule has 6 nitrogen and oxygen atoms in total. The topological polar surface area (TPSA) is 78.5 Å². The summed E-state index contributed by atoms with van der Waals surface area (Å²) in [4.78, 5) is 42.3. The molecule has 0 aromatic heterocycles. The Hall–Kier alpha value is -2.64. The summed E-state index contributed by atoms with van der Waals surface area (Å²) in [6, 6.07) is 15.6. The van der Waals surface area contributed by atoms with Crippen LogP contribution >= 0.6 is 11.8 Å². The second-order valence-corrected chi connectivity index (χ2v) is 10.1. The normalized spacial score (nSPS) is 27.9. The lowest BCUT2D eigenvalue weighted by Crippen LogP contribution is -2.53. The summed E-state index contributed by atoms with van der Waals surface area (Å²) in [7, 11) is 0. The van der Waals surface area contributed by atoms with Gasteiger partial charge in [0.2, 0.25) is 17.7 Å². The number of amides is 3. The molecule has 2 saturated heterocycles. The van der Waals surface area contributed by atoms with Crippen LogP contribution in [0.3, 0.4) is 0 Å². The van der Waals surface area contributed by atoms with Crippen molar-refractivity contribution in [2.75, 3.05) is 23.9 Å². The Morgan fingerprint density at radius 3 is 2.55 bits per heavy atom. The van der Waals surface area contributed by atoms with Gasteiger partial charge in [-0.3, -0.25) is 24.6 Å². The molecule has 5 rings (SSSR count). The molecule has 7 heteroatoms. The molecule has 2 fully saturated rings. The fraction of sp³-hybridized carbons (Fsp3) is 0.423. The molecule has 0 unspecified atom stereocenters. The monoisotopic (exact) mass is 463 g/mol. The van der Waals surface area contributed by atoms with Gasteiger partial charge in [0.05, 0.1) is 11.8 Å². The first-order valence-electron chi connectivity index (χ1n) is 11.6. The van der Waals surface area contributed by atoms with Crippen molar-refractivity contribution < 1.29 is 14.4 Å². The van der Waals surface area contributed by atoms with E-state index in [0.717, 1.165) is 41.0 Å². The molecule has 3 heterocycles. The van der Waals surface area contributed by atoms with Crippen LogP contribution in [0, 0.1) is 11.8 Å². The third-order valence-electron chi connectivity index (χ3n) is 7.38. The van der Waals surface area contributed by atoms with E-state index in [2.05, 4.69) is 17.6 Å². The molecule has 0 radical (unpaired) electrons. The van der Waals surface area contributed by atoms with Gasteiger partial charge in [0, 0.05) is 23.8 Å². The third-order valence-corrected chi connectivity index (χ3v) is 8.02. The number of anilines is 1. The Kier molecular flexibility index (Phi) is 5.79. The van der Waals surface area contributed by atoms with E-state index >= 15 is 0 Å². The predicted molar refractivity (Wildman–Crippen MR) is 130 cm³/mol. The van der Waals surface area contributed by atoms with Crippen molar-refractivity contribution >= 4 is 35.2 Å². The van der Waals surface area contributed by atoms with Gasteiger partial charge in [-0.05, 0) is 48.5 Å². The summed E-state index contributed by atoms with van der Waals surface area (Å²) in [5, 5.41) is 6.51. The first-order valence-corrected chi connectivity index (χ1v) is 13.0. The molecule has 33 heavy (non-hydrogen) atoms. The van der Waals surface area contributed by atoms with Crippen LogP contribution in [-0.4, -0.2) is 47.2 Å². The number of carbonyl (C=O) groups is 3. The largest absolute Gasteiger partial charge is 0.324 e. The highest BCUT2D eigenvalue weighted by atomic mass is 32.2. The molecule has 0 bridgehead atoms. The lowest BCUT2D eigenvalue weighted by Gasteiger charge is -2.29.